The lowest BCUT2D eigenvalue weighted by atomic mass is 9.89. The van der Waals surface area contributed by atoms with Gasteiger partial charge in [0, 0.05) is 4.88 Å². The van der Waals surface area contributed by atoms with Crippen LogP contribution in [0.2, 0.25) is 0 Å². The first-order valence-corrected chi connectivity index (χ1v) is 8.37. The highest BCUT2D eigenvalue weighted by Gasteiger charge is 2.54. The SMILES string of the molecule is CCC1C(=O)NC(C)(C2CC2)C(=O)N1Cc1scnc1C. The third-order valence-corrected chi connectivity index (χ3v) is 5.63. The van der Waals surface area contributed by atoms with Gasteiger partial charge < -0.3 is 10.2 Å². The molecule has 0 spiro atoms. The number of amides is 2. The lowest BCUT2D eigenvalue weighted by Crippen LogP contribution is -2.69. The Morgan fingerprint density at radius 2 is 2.19 bits per heavy atom. The highest BCUT2D eigenvalue weighted by molar-refractivity contribution is 7.09. The molecule has 1 saturated heterocycles. The van der Waals surface area contributed by atoms with Crippen LogP contribution < -0.4 is 5.32 Å². The molecule has 1 saturated carbocycles. The van der Waals surface area contributed by atoms with Gasteiger partial charge in [-0.25, -0.2) is 4.98 Å². The Balaban J connectivity index is 1.91. The van der Waals surface area contributed by atoms with Crippen molar-refractivity contribution in [3.05, 3.63) is 16.1 Å². The van der Waals surface area contributed by atoms with Crippen molar-refractivity contribution in [1.82, 2.24) is 15.2 Å². The summed E-state index contributed by atoms with van der Waals surface area (Å²) >= 11 is 1.55. The van der Waals surface area contributed by atoms with Gasteiger partial charge >= 0.3 is 0 Å². The molecule has 3 rings (SSSR count). The minimum Gasteiger partial charge on any atom is -0.340 e. The molecule has 2 heterocycles. The van der Waals surface area contributed by atoms with Crippen molar-refractivity contribution in [1.29, 1.82) is 0 Å². The number of aryl methyl sites for hydroxylation is 1. The number of aromatic nitrogens is 1. The first-order chi connectivity index (χ1) is 9.97. The molecule has 2 amide bonds. The van der Waals surface area contributed by atoms with Gasteiger partial charge in [-0.2, -0.15) is 0 Å². The van der Waals surface area contributed by atoms with Crippen LogP contribution in [0.3, 0.4) is 0 Å². The predicted octanol–water partition coefficient (Wildman–Crippen LogP) is 1.86. The van der Waals surface area contributed by atoms with Crippen LogP contribution in [0.5, 0.6) is 0 Å². The van der Waals surface area contributed by atoms with Crippen molar-refractivity contribution in [3.8, 4) is 0 Å². The van der Waals surface area contributed by atoms with Gasteiger partial charge in [0.1, 0.15) is 11.6 Å². The van der Waals surface area contributed by atoms with E-state index in [0.717, 1.165) is 23.4 Å². The Kier molecular flexibility index (Phi) is 3.51. The van der Waals surface area contributed by atoms with Gasteiger partial charge in [0.25, 0.3) is 0 Å². The van der Waals surface area contributed by atoms with Crippen LogP contribution in [0, 0.1) is 12.8 Å². The molecule has 6 heteroatoms. The number of hydrogen-bond donors (Lipinski definition) is 1. The molecule has 5 nitrogen and oxygen atoms in total. The van der Waals surface area contributed by atoms with E-state index in [1.807, 2.05) is 20.8 Å². The maximum Gasteiger partial charge on any atom is 0.249 e. The highest BCUT2D eigenvalue weighted by atomic mass is 32.1. The van der Waals surface area contributed by atoms with Gasteiger partial charge in [0.15, 0.2) is 0 Å². The van der Waals surface area contributed by atoms with E-state index in [9.17, 15) is 9.59 Å². The molecule has 0 bridgehead atoms. The molecule has 2 fully saturated rings. The van der Waals surface area contributed by atoms with Gasteiger partial charge in [-0.05, 0) is 39.0 Å². The standard InChI is InChI=1S/C15H21N3O2S/c1-4-11-13(19)17-15(3,10-5-6-10)14(20)18(11)7-12-9(2)16-8-21-12/h8,10-11H,4-7H2,1-3H3,(H,17,19). The van der Waals surface area contributed by atoms with Gasteiger partial charge in [0.05, 0.1) is 17.7 Å². The van der Waals surface area contributed by atoms with Crippen LogP contribution in [0.1, 0.15) is 43.7 Å². The molecular formula is C15H21N3O2S. The van der Waals surface area contributed by atoms with Crippen LogP contribution in [0.25, 0.3) is 0 Å². The summed E-state index contributed by atoms with van der Waals surface area (Å²) in [5.74, 6) is 0.328. The number of thiazole rings is 1. The van der Waals surface area contributed by atoms with E-state index in [4.69, 9.17) is 0 Å². The average Bonchev–Trinajstić information content (AvgIpc) is 3.22. The predicted molar refractivity (Wildman–Crippen MR) is 80.8 cm³/mol. The highest BCUT2D eigenvalue weighted by Crippen LogP contribution is 2.42. The molecule has 2 unspecified atom stereocenters. The smallest absolute Gasteiger partial charge is 0.249 e. The summed E-state index contributed by atoms with van der Waals surface area (Å²) in [7, 11) is 0. The van der Waals surface area contributed by atoms with E-state index >= 15 is 0 Å². The summed E-state index contributed by atoms with van der Waals surface area (Å²) in [6.45, 7) is 6.26. The lowest BCUT2D eigenvalue weighted by molar-refractivity contribution is -0.156. The number of hydrogen-bond acceptors (Lipinski definition) is 4. The van der Waals surface area contributed by atoms with Gasteiger partial charge in [-0.3, -0.25) is 9.59 Å². The second kappa shape index (κ2) is 5.09. The Labute approximate surface area is 128 Å². The number of rotatable bonds is 4. The number of nitrogens with zero attached hydrogens (tertiary/aromatic N) is 2. The first kappa shape index (κ1) is 14.5. The first-order valence-electron chi connectivity index (χ1n) is 7.49. The Bertz CT molecular complexity index is 581. The fourth-order valence-corrected chi connectivity index (χ4v) is 3.91. The topological polar surface area (TPSA) is 62.3 Å². The minimum atomic E-state index is -0.721. The summed E-state index contributed by atoms with van der Waals surface area (Å²) in [5.41, 5.74) is 2.02. The molecule has 1 aromatic rings. The van der Waals surface area contributed by atoms with E-state index in [2.05, 4.69) is 10.3 Å². The van der Waals surface area contributed by atoms with Crippen LogP contribution in [-0.2, 0) is 16.1 Å². The molecule has 2 aliphatic rings. The van der Waals surface area contributed by atoms with Crippen LogP contribution in [0.4, 0.5) is 0 Å². The zero-order chi connectivity index (χ0) is 15.2. The van der Waals surface area contributed by atoms with E-state index in [-0.39, 0.29) is 23.8 Å². The lowest BCUT2D eigenvalue weighted by Gasteiger charge is -2.44. The quantitative estimate of drug-likeness (QED) is 0.923. The molecule has 2 atom stereocenters. The van der Waals surface area contributed by atoms with Crippen molar-refractivity contribution in [2.75, 3.05) is 0 Å². The molecule has 1 N–H and O–H groups in total. The average molecular weight is 307 g/mol. The molecule has 1 aliphatic heterocycles. The number of carbonyl (C=O) groups excluding carboxylic acids is 2. The maximum absolute atomic E-state index is 13.0. The van der Waals surface area contributed by atoms with Crippen molar-refractivity contribution in [3.63, 3.8) is 0 Å². The summed E-state index contributed by atoms with van der Waals surface area (Å²) in [6, 6.07) is -0.370. The summed E-state index contributed by atoms with van der Waals surface area (Å²) in [5, 5.41) is 2.99. The molecule has 1 aromatic heterocycles. The summed E-state index contributed by atoms with van der Waals surface area (Å²) < 4.78 is 0. The number of piperazine rings is 1. The Morgan fingerprint density at radius 3 is 2.71 bits per heavy atom. The molecule has 1 aliphatic carbocycles. The van der Waals surface area contributed by atoms with Crippen molar-refractivity contribution in [2.45, 2.75) is 58.2 Å². The molecule has 0 aromatic carbocycles. The van der Waals surface area contributed by atoms with Crippen LogP contribution in [-0.4, -0.2) is 33.3 Å². The fourth-order valence-electron chi connectivity index (χ4n) is 3.13. The van der Waals surface area contributed by atoms with E-state index in [1.54, 1.807) is 21.7 Å². The zero-order valence-corrected chi connectivity index (χ0v) is 13.5. The third kappa shape index (κ3) is 2.35. The van der Waals surface area contributed by atoms with Gasteiger partial charge in [0.2, 0.25) is 11.8 Å². The zero-order valence-electron chi connectivity index (χ0n) is 12.7. The molecular weight excluding hydrogens is 286 g/mol. The molecule has 0 radical (unpaired) electrons. The second-order valence-electron chi connectivity index (χ2n) is 6.18. The van der Waals surface area contributed by atoms with Crippen LogP contribution >= 0.6 is 11.3 Å². The normalized spacial score (nSPS) is 29.7. The van der Waals surface area contributed by atoms with Gasteiger partial charge in [-0.15, -0.1) is 11.3 Å². The third-order valence-electron chi connectivity index (χ3n) is 4.71. The fraction of sp³-hybridized carbons (Fsp3) is 0.667. The maximum atomic E-state index is 13.0. The largest absolute Gasteiger partial charge is 0.340 e. The van der Waals surface area contributed by atoms with Gasteiger partial charge in [-0.1, -0.05) is 6.92 Å². The Hall–Kier alpha value is -1.43. The van der Waals surface area contributed by atoms with E-state index < -0.39 is 5.54 Å². The second-order valence-corrected chi connectivity index (χ2v) is 7.12. The number of carbonyl (C=O) groups is 2. The summed E-state index contributed by atoms with van der Waals surface area (Å²) in [4.78, 5) is 32.5. The van der Waals surface area contributed by atoms with E-state index in [0.29, 0.717) is 13.0 Å². The van der Waals surface area contributed by atoms with Crippen molar-refractivity contribution in [2.24, 2.45) is 5.92 Å². The molecule has 114 valence electrons. The van der Waals surface area contributed by atoms with Crippen molar-refractivity contribution >= 4 is 23.2 Å². The Morgan fingerprint density at radius 1 is 1.48 bits per heavy atom. The number of nitrogens with one attached hydrogen (secondary N) is 1. The summed E-state index contributed by atoms with van der Waals surface area (Å²) in [6.07, 6.45) is 2.68. The van der Waals surface area contributed by atoms with E-state index in [1.165, 1.54) is 0 Å². The monoisotopic (exact) mass is 307 g/mol. The van der Waals surface area contributed by atoms with Crippen molar-refractivity contribution < 1.29 is 9.59 Å². The minimum absolute atomic E-state index is 0.0198. The molecule has 21 heavy (non-hydrogen) atoms. The van der Waals surface area contributed by atoms with Crippen LogP contribution in [0.15, 0.2) is 5.51 Å².